The van der Waals surface area contributed by atoms with Crippen LogP contribution in [0.1, 0.15) is 29.6 Å². The smallest absolute Gasteiger partial charge is 0.251 e. The van der Waals surface area contributed by atoms with Gasteiger partial charge in [0.2, 0.25) is 10.0 Å². The summed E-state index contributed by atoms with van der Waals surface area (Å²) >= 11 is 0. The number of rotatable bonds is 7. The fourth-order valence-electron chi connectivity index (χ4n) is 2.84. The predicted molar refractivity (Wildman–Crippen MR) is 93.6 cm³/mol. The number of imidazole rings is 1. The maximum absolute atomic E-state index is 12.5. The minimum atomic E-state index is -3.43. The predicted octanol–water partition coefficient (Wildman–Crippen LogP) is 1.49. The Kier molecular flexibility index (Phi) is 5.50. The van der Waals surface area contributed by atoms with Crippen molar-refractivity contribution < 1.29 is 13.2 Å². The van der Waals surface area contributed by atoms with Crippen LogP contribution in [0, 0.1) is 0 Å². The maximum atomic E-state index is 12.5. The Bertz CT molecular complexity index is 795. The molecule has 0 atom stereocenters. The largest absolute Gasteiger partial charge is 0.352 e. The van der Waals surface area contributed by atoms with Crippen molar-refractivity contribution in [1.82, 2.24) is 19.2 Å². The summed E-state index contributed by atoms with van der Waals surface area (Å²) in [4.78, 5) is 16.3. The third-order valence-electron chi connectivity index (χ3n) is 4.26. The molecule has 7 nitrogen and oxygen atoms in total. The van der Waals surface area contributed by atoms with E-state index in [1.54, 1.807) is 24.7 Å². The average Bonchev–Trinajstić information content (AvgIpc) is 3.32. The number of hydrogen-bond donors (Lipinski definition) is 1. The highest BCUT2D eigenvalue weighted by Gasteiger charge is 2.27. The van der Waals surface area contributed by atoms with Gasteiger partial charge in [-0.2, -0.15) is 4.31 Å². The standard InChI is InChI=1S/C17H22N4O3S/c22-17(19-8-3-10-20-13-9-18-14-20)15-4-6-16(7-5-15)25(23,24)21-11-1-2-12-21/h4-7,9,13-14H,1-3,8,10-12H2,(H,19,22). The Hall–Kier alpha value is -2.19. The molecule has 2 heterocycles. The van der Waals surface area contributed by atoms with Crippen LogP contribution in [0.4, 0.5) is 0 Å². The van der Waals surface area contributed by atoms with E-state index in [1.807, 2.05) is 10.8 Å². The highest BCUT2D eigenvalue weighted by molar-refractivity contribution is 7.89. The van der Waals surface area contributed by atoms with Gasteiger partial charge in [0.25, 0.3) is 5.91 Å². The number of nitrogens with zero attached hydrogens (tertiary/aromatic N) is 3. The van der Waals surface area contributed by atoms with Crippen molar-refractivity contribution in [3.63, 3.8) is 0 Å². The first-order valence-corrected chi connectivity index (χ1v) is 9.85. The number of nitrogens with one attached hydrogen (secondary N) is 1. The number of carbonyl (C=O) groups excluding carboxylic acids is 1. The minimum Gasteiger partial charge on any atom is -0.352 e. The normalized spacial score (nSPS) is 15.4. The molecule has 0 bridgehead atoms. The van der Waals surface area contributed by atoms with Crippen molar-refractivity contribution in [3.05, 3.63) is 48.5 Å². The molecule has 25 heavy (non-hydrogen) atoms. The fraction of sp³-hybridized carbons (Fsp3) is 0.412. The lowest BCUT2D eigenvalue weighted by Gasteiger charge is -2.15. The maximum Gasteiger partial charge on any atom is 0.251 e. The Balaban J connectivity index is 1.53. The zero-order valence-electron chi connectivity index (χ0n) is 14.0. The molecule has 0 radical (unpaired) electrons. The van der Waals surface area contributed by atoms with E-state index in [9.17, 15) is 13.2 Å². The van der Waals surface area contributed by atoms with E-state index < -0.39 is 10.0 Å². The van der Waals surface area contributed by atoms with E-state index in [0.717, 1.165) is 25.8 Å². The van der Waals surface area contributed by atoms with Gasteiger partial charge in [-0.15, -0.1) is 0 Å². The molecule has 1 amide bonds. The van der Waals surface area contributed by atoms with Crippen molar-refractivity contribution in [3.8, 4) is 0 Å². The molecule has 1 saturated heterocycles. The van der Waals surface area contributed by atoms with Crippen LogP contribution in [0.5, 0.6) is 0 Å². The van der Waals surface area contributed by atoms with E-state index in [4.69, 9.17) is 0 Å². The molecular formula is C17H22N4O3S. The first-order valence-electron chi connectivity index (χ1n) is 8.41. The molecule has 134 valence electrons. The summed E-state index contributed by atoms with van der Waals surface area (Å²) in [7, 11) is -3.43. The molecular weight excluding hydrogens is 340 g/mol. The van der Waals surface area contributed by atoms with Gasteiger partial charge < -0.3 is 9.88 Å². The molecule has 0 saturated carbocycles. The molecule has 2 aromatic rings. The van der Waals surface area contributed by atoms with Gasteiger partial charge >= 0.3 is 0 Å². The van der Waals surface area contributed by atoms with Gasteiger partial charge in [0.1, 0.15) is 0 Å². The summed E-state index contributed by atoms with van der Waals surface area (Å²) in [5.41, 5.74) is 0.461. The number of hydrogen-bond acceptors (Lipinski definition) is 4. The second kappa shape index (κ2) is 7.79. The first-order chi connectivity index (χ1) is 12.1. The summed E-state index contributed by atoms with van der Waals surface area (Å²) in [6, 6.07) is 6.14. The number of aryl methyl sites for hydroxylation is 1. The summed E-state index contributed by atoms with van der Waals surface area (Å²) in [6.45, 7) is 2.47. The van der Waals surface area contributed by atoms with Gasteiger partial charge in [-0.3, -0.25) is 4.79 Å². The van der Waals surface area contributed by atoms with Gasteiger partial charge in [0, 0.05) is 44.1 Å². The molecule has 1 fully saturated rings. The Labute approximate surface area is 147 Å². The van der Waals surface area contributed by atoms with Gasteiger partial charge in [0.15, 0.2) is 0 Å². The van der Waals surface area contributed by atoms with Gasteiger partial charge in [-0.25, -0.2) is 13.4 Å². The van der Waals surface area contributed by atoms with Crippen LogP contribution in [0.2, 0.25) is 0 Å². The van der Waals surface area contributed by atoms with E-state index in [-0.39, 0.29) is 10.8 Å². The third kappa shape index (κ3) is 4.26. The SMILES string of the molecule is O=C(NCCCn1ccnc1)c1ccc(S(=O)(=O)N2CCCC2)cc1. The second-order valence-electron chi connectivity index (χ2n) is 6.05. The minimum absolute atomic E-state index is 0.198. The Morgan fingerprint density at radius 3 is 2.52 bits per heavy atom. The van der Waals surface area contributed by atoms with Gasteiger partial charge in [-0.1, -0.05) is 0 Å². The molecule has 1 aromatic carbocycles. The number of benzene rings is 1. The van der Waals surface area contributed by atoms with Crippen LogP contribution in [0.3, 0.4) is 0 Å². The summed E-state index contributed by atoms with van der Waals surface area (Å²) in [5, 5.41) is 2.84. The third-order valence-corrected chi connectivity index (χ3v) is 6.17. The van der Waals surface area contributed by atoms with Gasteiger partial charge in [-0.05, 0) is 43.5 Å². The first kappa shape index (κ1) is 17.6. The number of amides is 1. The molecule has 0 unspecified atom stereocenters. The molecule has 1 N–H and O–H groups in total. The van der Waals surface area contributed by atoms with Crippen molar-refractivity contribution in [1.29, 1.82) is 0 Å². The van der Waals surface area contributed by atoms with Crippen molar-refractivity contribution in [2.24, 2.45) is 0 Å². The summed E-state index contributed by atoms with van der Waals surface area (Å²) in [6.07, 6.45) is 7.93. The van der Waals surface area contributed by atoms with Crippen molar-refractivity contribution in [2.45, 2.75) is 30.7 Å². The van der Waals surface area contributed by atoms with Crippen LogP contribution in [0.15, 0.2) is 47.9 Å². The lowest BCUT2D eigenvalue weighted by Crippen LogP contribution is -2.28. The molecule has 1 aliphatic heterocycles. The molecule has 1 aliphatic rings. The number of aromatic nitrogens is 2. The Morgan fingerprint density at radius 1 is 1.16 bits per heavy atom. The molecule has 8 heteroatoms. The zero-order valence-corrected chi connectivity index (χ0v) is 14.8. The van der Waals surface area contributed by atoms with Crippen molar-refractivity contribution >= 4 is 15.9 Å². The fourth-order valence-corrected chi connectivity index (χ4v) is 4.36. The molecule has 3 rings (SSSR count). The van der Waals surface area contributed by atoms with Crippen LogP contribution in [-0.2, 0) is 16.6 Å². The lowest BCUT2D eigenvalue weighted by molar-refractivity contribution is 0.0952. The van der Waals surface area contributed by atoms with E-state index in [0.29, 0.717) is 25.2 Å². The second-order valence-corrected chi connectivity index (χ2v) is 7.98. The molecule has 0 spiro atoms. The zero-order chi connectivity index (χ0) is 17.7. The van der Waals surface area contributed by atoms with Crippen LogP contribution < -0.4 is 5.32 Å². The van der Waals surface area contributed by atoms with E-state index in [1.165, 1.54) is 16.4 Å². The molecule has 0 aliphatic carbocycles. The van der Waals surface area contributed by atoms with Crippen molar-refractivity contribution in [2.75, 3.05) is 19.6 Å². The average molecular weight is 362 g/mol. The highest BCUT2D eigenvalue weighted by Crippen LogP contribution is 2.21. The number of sulfonamides is 1. The summed E-state index contributed by atoms with van der Waals surface area (Å²) in [5.74, 6) is -0.198. The highest BCUT2D eigenvalue weighted by atomic mass is 32.2. The molecule has 1 aromatic heterocycles. The summed E-state index contributed by atoms with van der Waals surface area (Å²) < 4.78 is 28.4. The monoisotopic (exact) mass is 362 g/mol. The Morgan fingerprint density at radius 2 is 1.88 bits per heavy atom. The topological polar surface area (TPSA) is 84.3 Å². The lowest BCUT2D eigenvalue weighted by atomic mass is 10.2. The van der Waals surface area contributed by atoms with Crippen LogP contribution >= 0.6 is 0 Å². The van der Waals surface area contributed by atoms with Crippen LogP contribution in [-0.4, -0.2) is 47.8 Å². The van der Waals surface area contributed by atoms with Crippen LogP contribution in [0.25, 0.3) is 0 Å². The van der Waals surface area contributed by atoms with Gasteiger partial charge in [0.05, 0.1) is 11.2 Å². The van der Waals surface area contributed by atoms with E-state index >= 15 is 0 Å². The van der Waals surface area contributed by atoms with E-state index in [2.05, 4.69) is 10.3 Å². The quantitative estimate of drug-likeness (QED) is 0.756. The number of carbonyl (C=O) groups is 1.